The van der Waals surface area contributed by atoms with Gasteiger partial charge < -0.3 is 9.47 Å². The molecule has 3 rings (SSSR count). The fourth-order valence-corrected chi connectivity index (χ4v) is 2.37. The normalized spacial score (nSPS) is 17.1. The van der Waals surface area contributed by atoms with Gasteiger partial charge in [0.1, 0.15) is 5.57 Å². The summed E-state index contributed by atoms with van der Waals surface area (Å²) in [4.78, 5) is 28.0. The number of fused-ring (bicyclic) bond motifs is 1. The molecule has 1 fully saturated rings. The Morgan fingerprint density at radius 2 is 1.82 bits per heavy atom. The number of benzene rings is 1. The third-order valence-corrected chi connectivity index (χ3v) is 3.47. The Balaban J connectivity index is 2.03. The third-order valence-electron chi connectivity index (χ3n) is 3.14. The topological polar surface area (TPSA) is 65.5 Å². The van der Waals surface area contributed by atoms with Crippen LogP contribution in [0.2, 0.25) is 5.02 Å². The fourth-order valence-electron chi connectivity index (χ4n) is 2.17. The van der Waals surface area contributed by atoms with Crippen LogP contribution in [0.15, 0.2) is 36.0 Å². The molecule has 0 amide bonds. The van der Waals surface area contributed by atoms with Crippen LogP contribution in [0.4, 0.5) is 0 Å². The van der Waals surface area contributed by atoms with Gasteiger partial charge in [0.15, 0.2) is 0 Å². The van der Waals surface area contributed by atoms with E-state index < -0.39 is 17.7 Å². The molecular weight excluding hydrogens is 306 g/mol. The third kappa shape index (κ3) is 2.67. The van der Waals surface area contributed by atoms with E-state index in [4.69, 9.17) is 21.1 Å². The molecule has 22 heavy (non-hydrogen) atoms. The maximum atomic E-state index is 11.9. The zero-order chi connectivity index (χ0) is 15.9. The molecule has 0 atom stereocenters. The molecule has 5 nitrogen and oxygen atoms in total. The lowest BCUT2D eigenvalue weighted by molar-refractivity contribution is -0.222. The minimum atomic E-state index is -1.25. The SMILES string of the molecule is CC1(C)OC(=O)C(=Cc2ccc3nccc(Cl)c3c2)C(=O)O1. The lowest BCUT2D eigenvalue weighted by Gasteiger charge is -2.29. The van der Waals surface area contributed by atoms with E-state index in [-0.39, 0.29) is 5.57 Å². The number of hydrogen-bond donors (Lipinski definition) is 0. The maximum absolute atomic E-state index is 11.9. The number of rotatable bonds is 1. The van der Waals surface area contributed by atoms with Crippen LogP contribution in [-0.2, 0) is 19.1 Å². The number of ether oxygens (including phenoxy) is 2. The highest BCUT2D eigenvalue weighted by molar-refractivity contribution is 6.35. The van der Waals surface area contributed by atoms with Crippen LogP contribution in [0, 0.1) is 0 Å². The monoisotopic (exact) mass is 317 g/mol. The standard InChI is InChI=1S/C16H12ClNO4/c1-16(2)21-14(19)11(15(20)22-16)8-9-3-4-13-10(7-9)12(17)5-6-18-13/h3-8H,1-2H3. The molecule has 1 aliphatic rings. The smallest absolute Gasteiger partial charge is 0.348 e. The summed E-state index contributed by atoms with van der Waals surface area (Å²) in [7, 11) is 0. The predicted octanol–water partition coefficient (Wildman–Crippen LogP) is 3.11. The Labute approximate surface area is 131 Å². The number of hydrogen-bond acceptors (Lipinski definition) is 5. The molecule has 112 valence electrons. The van der Waals surface area contributed by atoms with Crippen molar-refractivity contribution in [1.29, 1.82) is 0 Å². The number of carbonyl (C=O) groups is 2. The first kappa shape index (κ1) is 14.5. The van der Waals surface area contributed by atoms with E-state index in [1.165, 1.54) is 19.9 Å². The number of carbonyl (C=O) groups excluding carboxylic acids is 2. The van der Waals surface area contributed by atoms with Crippen molar-refractivity contribution in [3.63, 3.8) is 0 Å². The maximum Gasteiger partial charge on any atom is 0.348 e. The van der Waals surface area contributed by atoms with Crippen LogP contribution in [0.3, 0.4) is 0 Å². The summed E-state index contributed by atoms with van der Waals surface area (Å²) in [6.07, 6.45) is 3.03. The molecule has 2 aromatic rings. The van der Waals surface area contributed by atoms with Crippen LogP contribution < -0.4 is 0 Å². The summed E-state index contributed by atoms with van der Waals surface area (Å²) < 4.78 is 10.1. The predicted molar refractivity (Wildman–Crippen MR) is 81.0 cm³/mol. The summed E-state index contributed by atoms with van der Waals surface area (Å²) in [5.41, 5.74) is 1.20. The van der Waals surface area contributed by atoms with Crippen LogP contribution >= 0.6 is 11.6 Å². The highest BCUT2D eigenvalue weighted by Gasteiger charge is 2.38. The summed E-state index contributed by atoms with van der Waals surface area (Å²) in [5, 5.41) is 1.27. The average molecular weight is 318 g/mol. The zero-order valence-electron chi connectivity index (χ0n) is 11.9. The Bertz CT molecular complexity index is 804. The van der Waals surface area contributed by atoms with E-state index >= 15 is 0 Å². The van der Waals surface area contributed by atoms with Crippen molar-refractivity contribution < 1.29 is 19.1 Å². The van der Waals surface area contributed by atoms with E-state index in [1.54, 1.807) is 30.5 Å². The molecular formula is C16H12ClNO4. The Kier molecular flexibility index (Phi) is 3.37. The Hall–Kier alpha value is -2.40. The summed E-state index contributed by atoms with van der Waals surface area (Å²) in [6, 6.07) is 6.92. The molecule has 0 saturated carbocycles. The number of nitrogens with zero attached hydrogens (tertiary/aromatic N) is 1. The van der Waals surface area contributed by atoms with Gasteiger partial charge in [0.05, 0.1) is 10.5 Å². The van der Waals surface area contributed by atoms with E-state index in [1.807, 2.05) is 0 Å². The first-order valence-electron chi connectivity index (χ1n) is 6.58. The quantitative estimate of drug-likeness (QED) is 0.459. The summed E-state index contributed by atoms with van der Waals surface area (Å²) in [6.45, 7) is 3.00. The molecule has 1 saturated heterocycles. The summed E-state index contributed by atoms with van der Waals surface area (Å²) in [5.74, 6) is -2.67. The minimum absolute atomic E-state index is 0.154. The molecule has 0 unspecified atom stereocenters. The van der Waals surface area contributed by atoms with Gasteiger partial charge in [0.2, 0.25) is 0 Å². The van der Waals surface area contributed by atoms with Gasteiger partial charge in [-0.15, -0.1) is 0 Å². The number of halogens is 1. The second kappa shape index (κ2) is 5.10. The van der Waals surface area contributed by atoms with Gasteiger partial charge in [-0.1, -0.05) is 17.7 Å². The number of esters is 2. The van der Waals surface area contributed by atoms with Crippen LogP contribution in [0.5, 0.6) is 0 Å². The van der Waals surface area contributed by atoms with Gasteiger partial charge in [0.25, 0.3) is 5.79 Å². The van der Waals surface area contributed by atoms with Gasteiger partial charge in [-0.05, 0) is 29.8 Å². The molecule has 2 heterocycles. The number of pyridine rings is 1. The Morgan fingerprint density at radius 3 is 2.50 bits per heavy atom. The summed E-state index contributed by atoms with van der Waals surface area (Å²) >= 11 is 6.12. The average Bonchev–Trinajstić information content (AvgIpc) is 2.43. The van der Waals surface area contributed by atoms with Crippen molar-refractivity contribution in [1.82, 2.24) is 4.98 Å². The second-order valence-corrected chi connectivity index (χ2v) is 5.71. The Morgan fingerprint density at radius 1 is 1.14 bits per heavy atom. The lowest BCUT2D eigenvalue weighted by Crippen LogP contribution is -2.41. The van der Waals surface area contributed by atoms with Crippen molar-refractivity contribution in [2.75, 3.05) is 0 Å². The van der Waals surface area contributed by atoms with Gasteiger partial charge in [-0.3, -0.25) is 4.98 Å². The van der Waals surface area contributed by atoms with Gasteiger partial charge in [-0.25, -0.2) is 9.59 Å². The highest BCUT2D eigenvalue weighted by Crippen LogP contribution is 2.26. The molecule has 1 aliphatic heterocycles. The molecule has 0 bridgehead atoms. The fraction of sp³-hybridized carbons (Fsp3) is 0.188. The van der Waals surface area contributed by atoms with E-state index in [0.29, 0.717) is 10.6 Å². The first-order valence-corrected chi connectivity index (χ1v) is 6.96. The van der Waals surface area contributed by atoms with Crippen molar-refractivity contribution in [3.05, 3.63) is 46.6 Å². The number of cyclic esters (lactones) is 2. The van der Waals surface area contributed by atoms with Gasteiger partial charge in [0, 0.05) is 25.4 Å². The number of aromatic nitrogens is 1. The van der Waals surface area contributed by atoms with E-state index in [9.17, 15) is 9.59 Å². The molecule has 0 spiro atoms. The second-order valence-electron chi connectivity index (χ2n) is 5.31. The van der Waals surface area contributed by atoms with Crippen LogP contribution in [0.1, 0.15) is 19.4 Å². The molecule has 0 radical (unpaired) electrons. The molecule has 0 N–H and O–H groups in total. The van der Waals surface area contributed by atoms with Crippen LogP contribution in [0.25, 0.3) is 17.0 Å². The molecule has 6 heteroatoms. The highest BCUT2D eigenvalue weighted by atomic mass is 35.5. The van der Waals surface area contributed by atoms with Gasteiger partial charge in [-0.2, -0.15) is 0 Å². The van der Waals surface area contributed by atoms with Crippen molar-refractivity contribution in [2.45, 2.75) is 19.6 Å². The molecule has 1 aromatic heterocycles. The van der Waals surface area contributed by atoms with Crippen molar-refractivity contribution in [2.24, 2.45) is 0 Å². The first-order chi connectivity index (χ1) is 10.4. The van der Waals surface area contributed by atoms with Gasteiger partial charge >= 0.3 is 11.9 Å². The zero-order valence-corrected chi connectivity index (χ0v) is 12.7. The minimum Gasteiger partial charge on any atom is -0.419 e. The van der Waals surface area contributed by atoms with E-state index in [0.717, 1.165) is 10.9 Å². The van der Waals surface area contributed by atoms with E-state index in [2.05, 4.69) is 4.98 Å². The largest absolute Gasteiger partial charge is 0.419 e. The van der Waals surface area contributed by atoms with Crippen molar-refractivity contribution in [3.8, 4) is 0 Å². The van der Waals surface area contributed by atoms with Crippen LogP contribution in [-0.4, -0.2) is 22.7 Å². The van der Waals surface area contributed by atoms with Crippen molar-refractivity contribution >= 4 is 40.5 Å². The molecule has 0 aliphatic carbocycles. The lowest BCUT2D eigenvalue weighted by atomic mass is 10.1. The molecule has 1 aromatic carbocycles.